The van der Waals surface area contributed by atoms with Crippen molar-refractivity contribution in [3.8, 4) is 0 Å². The molecular weight excluding hydrogens is 334 g/mol. The minimum absolute atomic E-state index is 0.00740. The van der Waals surface area contributed by atoms with E-state index >= 15 is 0 Å². The fourth-order valence-electron chi connectivity index (χ4n) is 3.49. The van der Waals surface area contributed by atoms with Crippen LogP contribution in [0.4, 0.5) is 11.5 Å². The van der Waals surface area contributed by atoms with E-state index in [9.17, 15) is 4.79 Å². The standard InChI is InChI=1S/C23H25N3O/c1-23(2,3)22(27)24-17-10-12-19-16(14-17)9-13-21(25-19)26-20-11-8-15-6-4-5-7-18(15)20/h4-7,9-10,12-14,20H,8,11H2,1-3H3,(H,24,27)(H,25,26)/t20-/m1/s1. The molecule has 4 heteroatoms. The molecule has 2 N–H and O–H groups in total. The minimum atomic E-state index is -0.418. The zero-order chi connectivity index (χ0) is 19.0. The van der Waals surface area contributed by atoms with Crippen LogP contribution in [0.25, 0.3) is 10.9 Å². The molecule has 4 nitrogen and oxygen atoms in total. The zero-order valence-electron chi connectivity index (χ0n) is 16.0. The minimum Gasteiger partial charge on any atom is -0.363 e. The van der Waals surface area contributed by atoms with Crippen LogP contribution in [0.1, 0.15) is 44.4 Å². The summed E-state index contributed by atoms with van der Waals surface area (Å²) < 4.78 is 0. The van der Waals surface area contributed by atoms with Gasteiger partial charge < -0.3 is 10.6 Å². The van der Waals surface area contributed by atoms with Gasteiger partial charge in [0.15, 0.2) is 0 Å². The summed E-state index contributed by atoms with van der Waals surface area (Å²) >= 11 is 0. The van der Waals surface area contributed by atoms with Gasteiger partial charge in [-0.05, 0) is 54.3 Å². The van der Waals surface area contributed by atoms with E-state index in [1.165, 1.54) is 11.1 Å². The van der Waals surface area contributed by atoms with Gasteiger partial charge in [0.2, 0.25) is 5.91 Å². The van der Waals surface area contributed by atoms with Gasteiger partial charge in [0.05, 0.1) is 11.6 Å². The summed E-state index contributed by atoms with van der Waals surface area (Å²) in [5.41, 5.74) is 4.10. The van der Waals surface area contributed by atoms with Gasteiger partial charge in [0, 0.05) is 16.5 Å². The predicted molar refractivity (Wildman–Crippen MR) is 111 cm³/mol. The Kier molecular flexibility index (Phi) is 4.34. The van der Waals surface area contributed by atoms with Gasteiger partial charge in [-0.3, -0.25) is 4.79 Å². The van der Waals surface area contributed by atoms with E-state index in [0.717, 1.165) is 35.2 Å². The first-order valence-electron chi connectivity index (χ1n) is 9.47. The van der Waals surface area contributed by atoms with Crippen molar-refractivity contribution < 1.29 is 4.79 Å². The number of amides is 1. The van der Waals surface area contributed by atoms with Gasteiger partial charge >= 0.3 is 0 Å². The zero-order valence-corrected chi connectivity index (χ0v) is 16.0. The molecule has 2 aromatic carbocycles. The first-order valence-corrected chi connectivity index (χ1v) is 9.47. The summed E-state index contributed by atoms with van der Waals surface area (Å²) in [7, 11) is 0. The fraction of sp³-hybridized carbons (Fsp3) is 0.304. The summed E-state index contributed by atoms with van der Waals surface area (Å²) in [6, 6.07) is 18.8. The lowest BCUT2D eigenvalue weighted by Crippen LogP contribution is -2.27. The van der Waals surface area contributed by atoms with Crippen molar-refractivity contribution in [2.24, 2.45) is 5.41 Å². The van der Waals surface area contributed by atoms with Gasteiger partial charge in [-0.15, -0.1) is 0 Å². The van der Waals surface area contributed by atoms with Crippen LogP contribution in [-0.4, -0.2) is 10.9 Å². The van der Waals surface area contributed by atoms with Gasteiger partial charge in [-0.25, -0.2) is 4.98 Å². The third-order valence-corrected chi connectivity index (χ3v) is 5.08. The molecule has 27 heavy (non-hydrogen) atoms. The van der Waals surface area contributed by atoms with E-state index < -0.39 is 5.41 Å². The SMILES string of the molecule is CC(C)(C)C(=O)Nc1ccc2nc(N[C@@H]3CCc4ccccc43)ccc2c1. The number of pyridine rings is 1. The molecule has 1 heterocycles. The largest absolute Gasteiger partial charge is 0.363 e. The number of anilines is 2. The first kappa shape index (κ1) is 17.5. The molecule has 1 aliphatic rings. The van der Waals surface area contributed by atoms with Crippen LogP contribution in [0.5, 0.6) is 0 Å². The molecular formula is C23H25N3O. The molecule has 1 atom stereocenters. The molecule has 0 fully saturated rings. The normalized spacial score (nSPS) is 16.2. The quantitative estimate of drug-likeness (QED) is 0.665. The van der Waals surface area contributed by atoms with Crippen molar-refractivity contribution in [2.45, 2.75) is 39.7 Å². The molecule has 0 saturated heterocycles. The van der Waals surface area contributed by atoms with Crippen molar-refractivity contribution >= 4 is 28.3 Å². The van der Waals surface area contributed by atoms with E-state index in [1.54, 1.807) is 0 Å². The fourth-order valence-corrected chi connectivity index (χ4v) is 3.49. The third kappa shape index (κ3) is 3.65. The highest BCUT2D eigenvalue weighted by atomic mass is 16.2. The maximum absolute atomic E-state index is 12.2. The lowest BCUT2D eigenvalue weighted by Gasteiger charge is -2.18. The van der Waals surface area contributed by atoms with Gasteiger partial charge in [0.1, 0.15) is 5.82 Å². The van der Waals surface area contributed by atoms with E-state index in [0.29, 0.717) is 6.04 Å². The predicted octanol–water partition coefficient (Wildman–Crippen LogP) is 5.32. The second-order valence-electron chi connectivity index (χ2n) is 8.24. The molecule has 1 amide bonds. The number of hydrogen-bond donors (Lipinski definition) is 2. The van der Waals surface area contributed by atoms with E-state index in [2.05, 4.69) is 41.0 Å². The van der Waals surface area contributed by atoms with Crippen LogP contribution < -0.4 is 10.6 Å². The Bertz CT molecular complexity index is 1000. The molecule has 0 bridgehead atoms. The maximum Gasteiger partial charge on any atom is 0.229 e. The lowest BCUT2D eigenvalue weighted by molar-refractivity contribution is -0.123. The van der Waals surface area contributed by atoms with Crippen LogP contribution in [0.15, 0.2) is 54.6 Å². The number of fused-ring (bicyclic) bond motifs is 2. The van der Waals surface area contributed by atoms with Crippen LogP contribution in [0, 0.1) is 5.41 Å². The number of hydrogen-bond acceptors (Lipinski definition) is 3. The number of nitrogens with zero attached hydrogens (tertiary/aromatic N) is 1. The van der Waals surface area contributed by atoms with Crippen molar-refractivity contribution in [2.75, 3.05) is 10.6 Å². The monoisotopic (exact) mass is 359 g/mol. The number of benzene rings is 2. The highest BCUT2D eigenvalue weighted by Crippen LogP contribution is 2.33. The molecule has 1 aliphatic carbocycles. The van der Waals surface area contributed by atoms with Gasteiger partial charge in [-0.1, -0.05) is 45.0 Å². The maximum atomic E-state index is 12.2. The van der Waals surface area contributed by atoms with Gasteiger partial charge in [-0.2, -0.15) is 0 Å². The highest BCUT2D eigenvalue weighted by molar-refractivity contribution is 5.96. The Morgan fingerprint density at radius 1 is 1.07 bits per heavy atom. The second-order valence-corrected chi connectivity index (χ2v) is 8.24. The number of carbonyl (C=O) groups is 1. The summed E-state index contributed by atoms with van der Waals surface area (Å²) in [6.45, 7) is 5.72. The number of rotatable bonds is 3. The summed E-state index contributed by atoms with van der Waals surface area (Å²) in [6.07, 6.45) is 2.20. The third-order valence-electron chi connectivity index (χ3n) is 5.08. The van der Waals surface area contributed by atoms with E-state index in [-0.39, 0.29) is 5.91 Å². The Morgan fingerprint density at radius 2 is 1.89 bits per heavy atom. The molecule has 0 spiro atoms. The highest BCUT2D eigenvalue weighted by Gasteiger charge is 2.22. The van der Waals surface area contributed by atoms with Crippen molar-refractivity contribution in [3.05, 3.63) is 65.7 Å². The molecule has 138 valence electrons. The first-order chi connectivity index (χ1) is 12.9. The molecule has 0 unspecified atom stereocenters. The van der Waals surface area contributed by atoms with E-state index in [1.807, 2.05) is 45.0 Å². The Labute approximate surface area is 160 Å². The number of nitrogens with one attached hydrogen (secondary N) is 2. The van der Waals surface area contributed by atoms with Crippen molar-refractivity contribution in [1.29, 1.82) is 0 Å². The van der Waals surface area contributed by atoms with Crippen LogP contribution in [0.2, 0.25) is 0 Å². The molecule has 3 aromatic rings. The summed E-state index contributed by atoms with van der Waals surface area (Å²) in [5, 5.41) is 7.56. The second kappa shape index (κ2) is 6.69. The van der Waals surface area contributed by atoms with Crippen LogP contribution >= 0.6 is 0 Å². The number of aromatic nitrogens is 1. The van der Waals surface area contributed by atoms with Crippen molar-refractivity contribution in [3.63, 3.8) is 0 Å². The molecule has 0 saturated carbocycles. The van der Waals surface area contributed by atoms with Gasteiger partial charge in [0.25, 0.3) is 0 Å². The number of aryl methyl sites for hydroxylation is 1. The van der Waals surface area contributed by atoms with Crippen LogP contribution in [-0.2, 0) is 11.2 Å². The molecule has 4 rings (SSSR count). The Hall–Kier alpha value is -2.88. The van der Waals surface area contributed by atoms with Crippen molar-refractivity contribution in [1.82, 2.24) is 4.98 Å². The average molecular weight is 359 g/mol. The number of carbonyl (C=O) groups excluding carboxylic acids is 1. The topological polar surface area (TPSA) is 54.0 Å². The Balaban J connectivity index is 1.53. The lowest BCUT2D eigenvalue weighted by atomic mass is 9.95. The summed E-state index contributed by atoms with van der Waals surface area (Å²) in [4.78, 5) is 16.9. The Morgan fingerprint density at radius 3 is 2.70 bits per heavy atom. The average Bonchev–Trinajstić information content (AvgIpc) is 3.04. The van der Waals surface area contributed by atoms with E-state index in [4.69, 9.17) is 4.98 Å². The van der Waals surface area contributed by atoms with Crippen LogP contribution in [0.3, 0.4) is 0 Å². The smallest absolute Gasteiger partial charge is 0.229 e. The molecule has 0 radical (unpaired) electrons. The summed E-state index contributed by atoms with van der Waals surface area (Å²) in [5.74, 6) is 0.892. The molecule has 0 aliphatic heterocycles. The molecule has 1 aromatic heterocycles.